The molecule has 4 fully saturated rings. The van der Waals surface area contributed by atoms with Gasteiger partial charge in [0.1, 0.15) is 0 Å². The molecule has 1 N–H and O–H groups in total. The fraction of sp³-hybridized carbons (Fsp3) is 0.881. The molecule has 0 aliphatic heterocycles. The predicted molar refractivity (Wildman–Crippen MR) is 191 cm³/mol. The Morgan fingerprint density at radius 2 is 1.41 bits per heavy atom. The number of carboxylic acid groups (broad SMARTS) is 1. The van der Waals surface area contributed by atoms with Crippen LogP contribution in [0, 0.1) is 46.3 Å². The minimum Gasteiger partial charge on any atom is -0.481 e. The lowest BCUT2D eigenvalue weighted by atomic mass is 9.44. The number of aliphatic carboxylic acids is 1. The van der Waals surface area contributed by atoms with Crippen molar-refractivity contribution in [2.75, 3.05) is 0 Å². The number of carbonyl (C=O) groups is 1. The molecular weight excluding hydrogens is 536 g/mol. The van der Waals surface area contributed by atoms with Crippen LogP contribution >= 0.6 is 0 Å². The first-order valence-corrected chi connectivity index (χ1v) is 19.8. The molecule has 8 atom stereocenters. The van der Waals surface area contributed by atoms with Crippen LogP contribution < -0.4 is 0 Å². The first kappa shape index (κ1) is 37.4. The number of allylic oxidation sites excluding steroid dienone is 3. The molecule has 4 aliphatic rings. The van der Waals surface area contributed by atoms with E-state index < -0.39 is 5.97 Å². The largest absolute Gasteiger partial charge is 0.481 e. The summed E-state index contributed by atoms with van der Waals surface area (Å²) in [7, 11) is 0. The van der Waals surface area contributed by atoms with E-state index in [4.69, 9.17) is 5.11 Å². The molecule has 1 unspecified atom stereocenters. The molecule has 4 saturated carbocycles. The highest BCUT2D eigenvalue weighted by Crippen LogP contribution is 2.68. The standard InChI is InChI=1S/C24H40.C18H34O2/c1-5-8-17(2)20-12-13-21-19-11-10-18-9-6-7-15-23(18,3)22(19)14-16-24(20,21)4;1-2-3-4-5-6-7-8-9-10-11-12-13-14-15-16-17-18(19)20/h5,17-22H,1,6-16H2,2-4H3;9-10H,2-8,11-17H2,1H3,(H,19,20)/b;10-9-/t17-,18?,19+,20-,21+,22+,23+,24-;/m1./s1. The quantitative estimate of drug-likeness (QED) is 0.124. The number of hydrogen-bond donors (Lipinski definition) is 1. The van der Waals surface area contributed by atoms with Crippen LogP contribution in [0.5, 0.6) is 0 Å². The van der Waals surface area contributed by atoms with Crippen LogP contribution in [-0.4, -0.2) is 11.1 Å². The maximum atomic E-state index is 10.3. The summed E-state index contributed by atoms with van der Waals surface area (Å²) in [6.07, 6.45) is 40.0. The Balaban J connectivity index is 0.000000246. The van der Waals surface area contributed by atoms with E-state index in [1.165, 1.54) is 109 Å². The van der Waals surface area contributed by atoms with Crippen LogP contribution in [0.2, 0.25) is 0 Å². The average Bonchev–Trinajstić information content (AvgIpc) is 3.36. The molecule has 44 heavy (non-hydrogen) atoms. The van der Waals surface area contributed by atoms with Crippen LogP contribution in [0.4, 0.5) is 0 Å². The van der Waals surface area contributed by atoms with Crippen LogP contribution in [-0.2, 0) is 4.79 Å². The Hall–Kier alpha value is -1.05. The third kappa shape index (κ3) is 10.5. The summed E-state index contributed by atoms with van der Waals surface area (Å²) in [6.45, 7) is 14.2. The number of unbranched alkanes of at least 4 members (excludes halogenated alkanes) is 11. The zero-order valence-corrected chi connectivity index (χ0v) is 29.9. The van der Waals surface area contributed by atoms with Gasteiger partial charge in [-0.25, -0.2) is 0 Å². The number of rotatable bonds is 18. The maximum absolute atomic E-state index is 10.3. The second-order valence-electron chi connectivity index (χ2n) is 16.4. The molecule has 0 aromatic carbocycles. The molecule has 0 spiro atoms. The van der Waals surface area contributed by atoms with Crippen molar-refractivity contribution in [3.63, 3.8) is 0 Å². The van der Waals surface area contributed by atoms with Gasteiger partial charge in [0.25, 0.3) is 0 Å². The molecule has 0 heterocycles. The normalized spacial score (nSPS) is 33.5. The van der Waals surface area contributed by atoms with E-state index in [1.54, 1.807) is 32.1 Å². The van der Waals surface area contributed by atoms with Gasteiger partial charge in [0.05, 0.1) is 0 Å². The van der Waals surface area contributed by atoms with E-state index in [0.717, 1.165) is 48.3 Å². The first-order valence-electron chi connectivity index (χ1n) is 19.8. The molecule has 0 aromatic heterocycles. The van der Waals surface area contributed by atoms with Crippen molar-refractivity contribution in [3.8, 4) is 0 Å². The molecule has 4 rings (SSSR count). The summed E-state index contributed by atoms with van der Waals surface area (Å²) < 4.78 is 0. The summed E-state index contributed by atoms with van der Waals surface area (Å²) in [5, 5.41) is 8.51. The zero-order valence-electron chi connectivity index (χ0n) is 29.9. The van der Waals surface area contributed by atoms with Crippen molar-refractivity contribution in [2.45, 2.75) is 188 Å². The summed E-state index contributed by atoms with van der Waals surface area (Å²) >= 11 is 0. The van der Waals surface area contributed by atoms with Crippen LogP contribution in [0.3, 0.4) is 0 Å². The molecule has 0 amide bonds. The Morgan fingerprint density at radius 3 is 2.07 bits per heavy atom. The second kappa shape index (κ2) is 19.6. The van der Waals surface area contributed by atoms with Gasteiger partial charge < -0.3 is 5.11 Å². The SMILES string of the molecule is C=CC[C@@H](C)[C@H]1CC[C@H]2[C@@H]3CCC4CCCC[C@]4(C)[C@H]3CC[C@]12C.CCCCCCCC/C=C\CCCCCCCC(=O)O. The summed E-state index contributed by atoms with van der Waals surface area (Å²) in [5.74, 6) is 5.35. The summed E-state index contributed by atoms with van der Waals surface area (Å²) in [4.78, 5) is 10.3. The minimum atomic E-state index is -0.664. The zero-order chi connectivity index (χ0) is 31.8. The van der Waals surface area contributed by atoms with Gasteiger partial charge in [-0.1, -0.05) is 110 Å². The summed E-state index contributed by atoms with van der Waals surface area (Å²) in [5.41, 5.74) is 1.34. The molecule has 4 aliphatic carbocycles. The van der Waals surface area contributed by atoms with E-state index in [-0.39, 0.29) is 0 Å². The predicted octanol–water partition coefficient (Wildman–Crippen LogP) is 13.4. The molecule has 2 heteroatoms. The fourth-order valence-corrected chi connectivity index (χ4v) is 11.0. The lowest BCUT2D eigenvalue weighted by Gasteiger charge is -2.61. The smallest absolute Gasteiger partial charge is 0.303 e. The van der Waals surface area contributed by atoms with Crippen molar-refractivity contribution in [1.29, 1.82) is 0 Å². The monoisotopic (exact) mass is 611 g/mol. The highest BCUT2D eigenvalue weighted by atomic mass is 16.4. The van der Waals surface area contributed by atoms with Gasteiger partial charge in [-0.2, -0.15) is 0 Å². The van der Waals surface area contributed by atoms with Crippen molar-refractivity contribution in [1.82, 2.24) is 0 Å². The third-order valence-electron chi connectivity index (χ3n) is 13.5. The molecule has 0 saturated heterocycles. The summed E-state index contributed by atoms with van der Waals surface area (Å²) in [6, 6.07) is 0. The van der Waals surface area contributed by atoms with E-state index in [9.17, 15) is 4.79 Å². The third-order valence-corrected chi connectivity index (χ3v) is 13.5. The Labute approximate surface area is 274 Å². The Bertz CT molecular complexity index is 845. The van der Waals surface area contributed by atoms with Gasteiger partial charge in [0.15, 0.2) is 0 Å². The van der Waals surface area contributed by atoms with E-state index in [0.29, 0.717) is 17.3 Å². The van der Waals surface area contributed by atoms with Gasteiger partial charge >= 0.3 is 5.97 Å². The molecule has 0 radical (unpaired) electrons. The maximum Gasteiger partial charge on any atom is 0.303 e. The molecular formula is C42H74O2. The van der Waals surface area contributed by atoms with Gasteiger partial charge in [-0.3, -0.25) is 4.79 Å². The number of hydrogen-bond acceptors (Lipinski definition) is 1. The number of carboxylic acids is 1. The van der Waals surface area contributed by atoms with Gasteiger partial charge in [0, 0.05) is 6.42 Å². The van der Waals surface area contributed by atoms with Crippen molar-refractivity contribution in [3.05, 3.63) is 24.8 Å². The first-order chi connectivity index (χ1) is 21.3. The van der Waals surface area contributed by atoms with Crippen molar-refractivity contribution in [2.24, 2.45) is 46.3 Å². The van der Waals surface area contributed by atoms with Crippen molar-refractivity contribution < 1.29 is 9.90 Å². The van der Waals surface area contributed by atoms with Gasteiger partial charge in [-0.05, 0) is 136 Å². The molecule has 0 aromatic rings. The topological polar surface area (TPSA) is 37.3 Å². The fourth-order valence-electron chi connectivity index (χ4n) is 11.0. The van der Waals surface area contributed by atoms with E-state index >= 15 is 0 Å². The Kier molecular flexibility index (Phi) is 16.6. The molecule has 0 bridgehead atoms. The van der Waals surface area contributed by atoms with Gasteiger partial charge in [0.2, 0.25) is 0 Å². The van der Waals surface area contributed by atoms with Gasteiger partial charge in [-0.15, -0.1) is 6.58 Å². The Morgan fingerprint density at radius 1 is 0.773 bits per heavy atom. The van der Waals surface area contributed by atoms with Crippen LogP contribution in [0.25, 0.3) is 0 Å². The van der Waals surface area contributed by atoms with Crippen molar-refractivity contribution >= 4 is 5.97 Å². The second-order valence-corrected chi connectivity index (χ2v) is 16.4. The average molecular weight is 611 g/mol. The highest BCUT2D eigenvalue weighted by molar-refractivity contribution is 5.66. The molecule has 254 valence electrons. The molecule has 2 nitrogen and oxygen atoms in total. The van der Waals surface area contributed by atoms with E-state index in [1.807, 2.05) is 0 Å². The van der Waals surface area contributed by atoms with E-state index in [2.05, 4.69) is 52.5 Å². The number of fused-ring (bicyclic) bond motifs is 5. The lowest BCUT2D eigenvalue weighted by molar-refractivity contribution is -0.137. The minimum absolute atomic E-state index is 0.332. The highest BCUT2D eigenvalue weighted by Gasteiger charge is 2.59. The lowest BCUT2D eigenvalue weighted by Crippen LogP contribution is -2.53. The van der Waals surface area contributed by atoms with Crippen LogP contribution in [0.15, 0.2) is 24.8 Å². The van der Waals surface area contributed by atoms with Crippen LogP contribution in [0.1, 0.15) is 188 Å².